The standard InChI is InChI=1S/C19H29N5O12S2/c1-7-11(25)14(28)13(27)9(35-7)4-38(33,34)6-37(31,32)3-2-8-12(26)15(29)18(36-8)24-5-21-10-16(24)22-19(20)23-17(10)30/h5,7-9,11-15,18,25-29H,2-4,6H2,1H3,(H3,20,22,23,30). The number of aliphatic hydroxyl groups excluding tert-OH is 5. The number of nitrogen functional groups attached to an aromatic ring is 1. The molecule has 2 aliphatic rings. The van der Waals surface area contributed by atoms with E-state index in [-0.39, 0.29) is 23.5 Å². The molecule has 0 saturated carbocycles. The van der Waals surface area contributed by atoms with Crippen molar-refractivity contribution in [3.63, 3.8) is 0 Å². The molecule has 4 heterocycles. The molecule has 2 aliphatic heterocycles. The molecule has 2 aromatic rings. The van der Waals surface area contributed by atoms with Crippen LogP contribution in [0.2, 0.25) is 0 Å². The molecule has 17 nitrogen and oxygen atoms in total. The van der Waals surface area contributed by atoms with Crippen LogP contribution in [0.5, 0.6) is 0 Å². The number of nitrogens with one attached hydrogen (secondary N) is 1. The second-order valence-electron chi connectivity index (χ2n) is 9.44. The average molecular weight is 584 g/mol. The largest absolute Gasteiger partial charge is 0.388 e. The highest BCUT2D eigenvalue weighted by atomic mass is 32.3. The molecular weight excluding hydrogens is 554 g/mol. The topological polar surface area (TPSA) is 277 Å². The summed E-state index contributed by atoms with van der Waals surface area (Å²) in [5, 5.41) is 49.2. The van der Waals surface area contributed by atoms with E-state index in [1.54, 1.807) is 0 Å². The summed E-state index contributed by atoms with van der Waals surface area (Å²) in [5.41, 5.74) is 4.76. The number of aromatic amines is 1. The number of nitrogens with two attached hydrogens (primary N) is 1. The molecule has 0 aromatic carbocycles. The number of aromatic nitrogens is 4. The van der Waals surface area contributed by atoms with E-state index in [4.69, 9.17) is 15.2 Å². The van der Waals surface area contributed by atoms with Gasteiger partial charge >= 0.3 is 0 Å². The molecule has 4 rings (SSSR count). The number of hydrogen-bond donors (Lipinski definition) is 7. The summed E-state index contributed by atoms with van der Waals surface area (Å²) >= 11 is 0. The van der Waals surface area contributed by atoms with Gasteiger partial charge in [-0.3, -0.25) is 14.3 Å². The number of rotatable bonds is 8. The molecule has 38 heavy (non-hydrogen) atoms. The van der Waals surface area contributed by atoms with Gasteiger partial charge in [0.2, 0.25) is 5.95 Å². The lowest BCUT2D eigenvalue weighted by molar-refractivity contribution is -0.210. The normalized spacial score (nSPS) is 34.6. The van der Waals surface area contributed by atoms with E-state index < -0.39 is 96.9 Å². The van der Waals surface area contributed by atoms with E-state index in [0.29, 0.717) is 0 Å². The highest BCUT2D eigenvalue weighted by molar-refractivity contribution is 8.08. The van der Waals surface area contributed by atoms with E-state index >= 15 is 0 Å². The van der Waals surface area contributed by atoms with Gasteiger partial charge in [-0.25, -0.2) is 21.8 Å². The number of hydrogen-bond acceptors (Lipinski definition) is 15. The van der Waals surface area contributed by atoms with Crippen LogP contribution in [0.1, 0.15) is 19.6 Å². The van der Waals surface area contributed by atoms with Crippen molar-refractivity contribution in [3.05, 3.63) is 16.7 Å². The van der Waals surface area contributed by atoms with Gasteiger partial charge in [-0.1, -0.05) is 0 Å². The maximum absolute atomic E-state index is 12.6. The van der Waals surface area contributed by atoms with Crippen molar-refractivity contribution in [3.8, 4) is 0 Å². The first-order valence-corrected chi connectivity index (χ1v) is 15.1. The van der Waals surface area contributed by atoms with Crippen molar-refractivity contribution in [2.24, 2.45) is 0 Å². The molecule has 9 unspecified atom stereocenters. The van der Waals surface area contributed by atoms with E-state index in [9.17, 15) is 47.2 Å². The van der Waals surface area contributed by atoms with Crippen LogP contribution in [0.3, 0.4) is 0 Å². The number of imidazole rings is 1. The molecule has 0 aliphatic carbocycles. The van der Waals surface area contributed by atoms with Gasteiger partial charge in [0.05, 0.1) is 30.0 Å². The van der Waals surface area contributed by atoms with Gasteiger partial charge < -0.3 is 40.7 Å². The zero-order chi connectivity index (χ0) is 28.2. The van der Waals surface area contributed by atoms with E-state index in [0.717, 1.165) is 10.9 Å². The van der Waals surface area contributed by atoms with E-state index in [1.165, 1.54) is 6.92 Å². The molecule has 214 valence electrons. The van der Waals surface area contributed by atoms with Gasteiger partial charge in [-0.15, -0.1) is 0 Å². The smallest absolute Gasteiger partial charge is 0.280 e. The Balaban J connectivity index is 1.40. The first kappa shape index (κ1) is 28.8. The van der Waals surface area contributed by atoms with Crippen LogP contribution in [-0.2, 0) is 29.1 Å². The third-order valence-corrected chi connectivity index (χ3v) is 11.1. The number of sulfone groups is 2. The highest BCUT2D eigenvalue weighted by Crippen LogP contribution is 2.33. The SMILES string of the molecule is CC1OC(CS(=O)(=O)CS(=O)(=O)CCC2OC(n3cnc4c(=O)[nH]c(N)nc43)C(O)C2O)C(O)C(O)C1O. The van der Waals surface area contributed by atoms with Gasteiger partial charge in [0.25, 0.3) is 5.56 Å². The van der Waals surface area contributed by atoms with Crippen molar-refractivity contribution in [2.45, 2.75) is 68.4 Å². The zero-order valence-electron chi connectivity index (χ0n) is 19.9. The molecule has 19 heteroatoms. The van der Waals surface area contributed by atoms with Gasteiger partial charge in [-0.05, 0) is 13.3 Å². The van der Waals surface area contributed by atoms with Gasteiger partial charge in [0, 0.05) is 0 Å². The fourth-order valence-corrected chi connectivity index (χ4v) is 8.94. The summed E-state index contributed by atoms with van der Waals surface area (Å²) in [6.45, 7) is 1.36. The van der Waals surface area contributed by atoms with Crippen LogP contribution < -0.4 is 11.3 Å². The Morgan fingerprint density at radius 2 is 1.63 bits per heavy atom. The zero-order valence-corrected chi connectivity index (χ0v) is 21.6. The first-order chi connectivity index (χ1) is 17.6. The average Bonchev–Trinajstić information content (AvgIpc) is 3.35. The van der Waals surface area contributed by atoms with Crippen molar-refractivity contribution in [2.75, 3.05) is 22.3 Å². The Hall–Kier alpha value is -2.23. The van der Waals surface area contributed by atoms with Crippen molar-refractivity contribution >= 4 is 36.8 Å². The summed E-state index contributed by atoms with van der Waals surface area (Å²) in [7, 11) is -8.66. The fourth-order valence-electron chi connectivity index (χ4n) is 4.53. The summed E-state index contributed by atoms with van der Waals surface area (Å²) in [6.07, 6.45) is -12.2. The Bertz CT molecular complexity index is 1440. The Labute approximate surface area is 215 Å². The number of fused-ring (bicyclic) bond motifs is 1. The quantitative estimate of drug-likeness (QED) is 0.154. The number of nitrogens with zero attached hydrogens (tertiary/aromatic N) is 3. The van der Waals surface area contributed by atoms with Crippen LogP contribution in [0.15, 0.2) is 11.1 Å². The van der Waals surface area contributed by atoms with Crippen LogP contribution in [-0.4, -0.2) is 127 Å². The number of ether oxygens (including phenoxy) is 2. The Morgan fingerprint density at radius 3 is 2.32 bits per heavy atom. The minimum Gasteiger partial charge on any atom is -0.388 e. The van der Waals surface area contributed by atoms with E-state index in [2.05, 4.69) is 15.0 Å². The number of anilines is 1. The van der Waals surface area contributed by atoms with Crippen LogP contribution in [0.4, 0.5) is 5.95 Å². The molecule has 9 atom stereocenters. The third-order valence-electron chi connectivity index (χ3n) is 6.50. The van der Waals surface area contributed by atoms with Crippen LogP contribution in [0, 0.1) is 0 Å². The van der Waals surface area contributed by atoms with Gasteiger partial charge in [0.15, 0.2) is 42.2 Å². The minimum absolute atomic E-state index is 0.0408. The van der Waals surface area contributed by atoms with Crippen molar-refractivity contribution in [1.82, 2.24) is 19.5 Å². The van der Waals surface area contributed by atoms with E-state index in [1.807, 2.05) is 0 Å². The summed E-state index contributed by atoms with van der Waals surface area (Å²) < 4.78 is 62.4. The van der Waals surface area contributed by atoms with Crippen molar-refractivity contribution < 1.29 is 51.8 Å². The highest BCUT2D eigenvalue weighted by Gasteiger charge is 2.46. The second-order valence-corrected chi connectivity index (χ2v) is 14.1. The third kappa shape index (κ3) is 5.70. The second kappa shape index (κ2) is 10.4. The summed E-state index contributed by atoms with van der Waals surface area (Å²) in [6, 6.07) is 0. The molecule has 2 aromatic heterocycles. The minimum atomic E-state index is -4.37. The van der Waals surface area contributed by atoms with Crippen molar-refractivity contribution in [1.29, 1.82) is 0 Å². The predicted molar refractivity (Wildman–Crippen MR) is 128 cm³/mol. The number of H-pyrrole nitrogens is 1. The summed E-state index contributed by atoms with van der Waals surface area (Å²) in [5.74, 6) is -1.89. The molecule has 0 bridgehead atoms. The first-order valence-electron chi connectivity index (χ1n) is 11.4. The molecule has 2 saturated heterocycles. The molecular formula is C19H29N5O12S2. The lowest BCUT2D eigenvalue weighted by atomic mass is 9.96. The van der Waals surface area contributed by atoms with Gasteiger partial charge in [0.1, 0.15) is 36.6 Å². The Morgan fingerprint density at radius 1 is 0.974 bits per heavy atom. The monoisotopic (exact) mass is 583 g/mol. The Kier molecular flexibility index (Phi) is 7.87. The predicted octanol–water partition coefficient (Wildman–Crippen LogP) is -4.63. The fraction of sp³-hybridized carbons (Fsp3) is 0.737. The molecule has 2 fully saturated rings. The molecule has 8 N–H and O–H groups in total. The summed E-state index contributed by atoms with van der Waals surface area (Å²) in [4.78, 5) is 22.1. The lowest BCUT2D eigenvalue weighted by Crippen LogP contribution is -2.58. The van der Waals surface area contributed by atoms with Crippen LogP contribution >= 0.6 is 0 Å². The molecule has 0 amide bonds. The van der Waals surface area contributed by atoms with Gasteiger partial charge in [-0.2, -0.15) is 4.98 Å². The number of aliphatic hydroxyl groups is 5. The maximum Gasteiger partial charge on any atom is 0.280 e. The van der Waals surface area contributed by atoms with Crippen LogP contribution in [0.25, 0.3) is 11.2 Å². The maximum atomic E-state index is 12.6. The lowest BCUT2D eigenvalue weighted by Gasteiger charge is -2.39. The molecule has 0 spiro atoms. The molecule has 0 radical (unpaired) electrons.